The van der Waals surface area contributed by atoms with Crippen LogP contribution in [-0.4, -0.2) is 30.1 Å². The molecule has 1 aliphatic rings. The van der Waals surface area contributed by atoms with Gasteiger partial charge in [-0.25, -0.2) is 4.79 Å². The Bertz CT molecular complexity index is 682. The summed E-state index contributed by atoms with van der Waals surface area (Å²) in [6.07, 6.45) is 0.925. The second kappa shape index (κ2) is 6.26. The predicted octanol–water partition coefficient (Wildman–Crippen LogP) is 2.94. The Labute approximate surface area is 141 Å². The zero-order valence-electron chi connectivity index (χ0n) is 14.4. The number of amides is 1. The van der Waals surface area contributed by atoms with Crippen LogP contribution in [0.5, 0.6) is 0 Å². The SMILES string of the molecule is COC(=O)c1ccccc1NC(=O)C1CCC(C)(C(=O)O)C1(C)C. The molecule has 0 heterocycles. The van der Waals surface area contributed by atoms with E-state index in [1.54, 1.807) is 31.2 Å². The summed E-state index contributed by atoms with van der Waals surface area (Å²) < 4.78 is 4.72. The van der Waals surface area contributed by atoms with Crippen molar-refractivity contribution in [1.29, 1.82) is 0 Å². The van der Waals surface area contributed by atoms with Crippen LogP contribution >= 0.6 is 0 Å². The van der Waals surface area contributed by atoms with Crippen molar-refractivity contribution in [1.82, 2.24) is 0 Å². The molecule has 1 fully saturated rings. The van der Waals surface area contributed by atoms with Gasteiger partial charge in [0.1, 0.15) is 0 Å². The smallest absolute Gasteiger partial charge is 0.339 e. The maximum Gasteiger partial charge on any atom is 0.339 e. The quantitative estimate of drug-likeness (QED) is 0.826. The fraction of sp³-hybridized carbons (Fsp3) is 0.500. The van der Waals surface area contributed by atoms with E-state index in [0.29, 0.717) is 18.5 Å². The highest BCUT2D eigenvalue weighted by molar-refractivity contribution is 6.02. The van der Waals surface area contributed by atoms with E-state index in [1.165, 1.54) is 7.11 Å². The molecule has 1 aliphatic carbocycles. The van der Waals surface area contributed by atoms with E-state index in [-0.39, 0.29) is 11.5 Å². The van der Waals surface area contributed by atoms with Gasteiger partial charge in [0.05, 0.1) is 23.8 Å². The lowest BCUT2D eigenvalue weighted by molar-refractivity contribution is -0.154. The zero-order valence-corrected chi connectivity index (χ0v) is 14.4. The third kappa shape index (κ3) is 2.77. The number of carboxylic acids is 1. The second-order valence-electron chi connectivity index (χ2n) is 6.98. The summed E-state index contributed by atoms with van der Waals surface area (Å²) in [6.45, 7) is 5.31. The van der Waals surface area contributed by atoms with Gasteiger partial charge in [0.25, 0.3) is 0 Å². The molecule has 1 aromatic rings. The van der Waals surface area contributed by atoms with Gasteiger partial charge in [-0.1, -0.05) is 26.0 Å². The number of para-hydroxylation sites is 1. The van der Waals surface area contributed by atoms with Gasteiger partial charge in [0, 0.05) is 5.92 Å². The number of esters is 1. The largest absolute Gasteiger partial charge is 0.481 e. The Kier molecular flexibility index (Phi) is 4.69. The van der Waals surface area contributed by atoms with Gasteiger partial charge in [-0.05, 0) is 37.3 Å². The highest BCUT2D eigenvalue weighted by Gasteiger charge is 2.58. The van der Waals surface area contributed by atoms with Crippen molar-refractivity contribution in [2.45, 2.75) is 33.6 Å². The highest BCUT2D eigenvalue weighted by Crippen LogP contribution is 2.56. The minimum atomic E-state index is -0.961. The number of benzene rings is 1. The topological polar surface area (TPSA) is 92.7 Å². The van der Waals surface area contributed by atoms with Crippen molar-refractivity contribution in [2.75, 3.05) is 12.4 Å². The molecular weight excluding hydrogens is 310 g/mol. The molecule has 0 bridgehead atoms. The monoisotopic (exact) mass is 333 g/mol. The Hall–Kier alpha value is -2.37. The molecule has 1 amide bonds. The Balaban J connectivity index is 2.26. The van der Waals surface area contributed by atoms with E-state index in [2.05, 4.69) is 5.32 Å². The van der Waals surface area contributed by atoms with Gasteiger partial charge in [0.2, 0.25) is 5.91 Å². The summed E-state index contributed by atoms with van der Waals surface area (Å²) in [5, 5.41) is 12.3. The molecule has 6 nitrogen and oxygen atoms in total. The van der Waals surface area contributed by atoms with Crippen LogP contribution in [0.2, 0.25) is 0 Å². The number of hydrogen-bond acceptors (Lipinski definition) is 4. The maximum atomic E-state index is 12.7. The third-order valence-corrected chi connectivity index (χ3v) is 5.61. The molecule has 2 atom stereocenters. The molecule has 1 aromatic carbocycles. The first-order valence-corrected chi connectivity index (χ1v) is 7.86. The van der Waals surface area contributed by atoms with Crippen LogP contribution in [0.4, 0.5) is 5.69 Å². The number of carbonyl (C=O) groups is 3. The van der Waals surface area contributed by atoms with Crippen molar-refractivity contribution in [3.8, 4) is 0 Å². The molecule has 2 rings (SSSR count). The van der Waals surface area contributed by atoms with Gasteiger partial charge >= 0.3 is 11.9 Å². The number of nitrogens with one attached hydrogen (secondary N) is 1. The Morgan fingerprint density at radius 2 is 1.83 bits per heavy atom. The summed E-state index contributed by atoms with van der Waals surface area (Å²) >= 11 is 0. The number of rotatable bonds is 4. The number of carboxylic acid groups (broad SMARTS) is 1. The molecule has 0 spiro atoms. The molecule has 1 saturated carbocycles. The van der Waals surface area contributed by atoms with Crippen LogP contribution in [-0.2, 0) is 14.3 Å². The van der Waals surface area contributed by atoms with Gasteiger partial charge < -0.3 is 15.2 Å². The fourth-order valence-corrected chi connectivity index (χ4v) is 3.44. The Morgan fingerprint density at radius 3 is 2.38 bits per heavy atom. The number of hydrogen-bond donors (Lipinski definition) is 2. The molecule has 0 radical (unpaired) electrons. The highest BCUT2D eigenvalue weighted by atomic mass is 16.5. The maximum absolute atomic E-state index is 12.7. The van der Waals surface area contributed by atoms with Gasteiger partial charge in [-0.3, -0.25) is 9.59 Å². The average molecular weight is 333 g/mol. The van der Waals surface area contributed by atoms with E-state index in [1.807, 2.05) is 13.8 Å². The van der Waals surface area contributed by atoms with Crippen molar-refractivity contribution in [3.63, 3.8) is 0 Å². The molecular formula is C18H23NO5. The van der Waals surface area contributed by atoms with Crippen molar-refractivity contribution < 1.29 is 24.2 Å². The first kappa shape index (κ1) is 18.0. The van der Waals surface area contributed by atoms with Gasteiger partial charge in [-0.2, -0.15) is 0 Å². The van der Waals surface area contributed by atoms with Crippen molar-refractivity contribution in [3.05, 3.63) is 29.8 Å². The fourth-order valence-electron chi connectivity index (χ4n) is 3.44. The summed E-state index contributed by atoms with van der Waals surface area (Å²) in [6, 6.07) is 6.59. The molecule has 2 N–H and O–H groups in total. The average Bonchev–Trinajstić information content (AvgIpc) is 2.78. The first-order valence-electron chi connectivity index (χ1n) is 7.86. The minimum absolute atomic E-state index is 0.269. The van der Waals surface area contributed by atoms with Crippen molar-refractivity contribution >= 4 is 23.5 Å². The number of anilines is 1. The van der Waals surface area contributed by atoms with E-state index < -0.39 is 28.7 Å². The molecule has 6 heteroatoms. The predicted molar refractivity (Wildman–Crippen MR) is 88.7 cm³/mol. The first-order chi connectivity index (χ1) is 11.1. The molecule has 2 unspecified atom stereocenters. The van der Waals surface area contributed by atoms with Crippen LogP contribution in [0.25, 0.3) is 0 Å². The Morgan fingerprint density at radius 1 is 1.21 bits per heavy atom. The van der Waals surface area contributed by atoms with E-state index in [0.717, 1.165) is 0 Å². The van der Waals surface area contributed by atoms with Crippen LogP contribution < -0.4 is 5.32 Å². The molecule has 0 saturated heterocycles. The van der Waals surface area contributed by atoms with E-state index in [9.17, 15) is 19.5 Å². The van der Waals surface area contributed by atoms with Crippen LogP contribution in [0.3, 0.4) is 0 Å². The number of aliphatic carboxylic acids is 1. The van der Waals surface area contributed by atoms with Crippen molar-refractivity contribution in [2.24, 2.45) is 16.7 Å². The van der Waals surface area contributed by atoms with Crippen LogP contribution in [0, 0.1) is 16.7 Å². The number of carbonyl (C=O) groups excluding carboxylic acids is 2. The molecule has 24 heavy (non-hydrogen) atoms. The van der Waals surface area contributed by atoms with Gasteiger partial charge in [0.15, 0.2) is 0 Å². The third-order valence-electron chi connectivity index (χ3n) is 5.61. The molecule has 130 valence electrons. The minimum Gasteiger partial charge on any atom is -0.481 e. The number of methoxy groups -OCH3 is 1. The lowest BCUT2D eigenvalue weighted by Crippen LogP contribution is -2.43. The summed E-state index contributed by atoms with van der Waals surface area (Å²) in [5.41, 5.74) is -1.03. The number of ether oxygens (including phenoxy) is 1. The van der Waals surface area contributed by atoms with E-state index in [4.69, 9.17) is 4.74 Å². The van der Waals surface area contributed by atoms with Crippen LogP contribution in [0.15, 0.2) is 24.3 Å². The summed E-state index contributed by atoms with van der Waals surface area (Å²) in [4.78, 5) is 36.2. The molecule has 0 aromatic heterocycles. The van der Waals surface area contributed by atoms with Crippen LogP contribution in [0.1, 0.15) is 44.0 Å². The summed E-state index contributed by atoms with van der Waals surface area (Å²) in [5.74, 6) is -2.16. The van der Waals surface area contributed by atoms with Gasteiger partial charge in [-0.15, -0.1) is 0 Å². The van der Waals surface area contributed by atoms with E-state index >= 15 is 0 Å². The standard InChI is InChI=1S/C18H23NO5/c1-17(2)12(9-10-18(17,3)16(22)23)14(20)19-13-8-6-5-7-11(13)15(21)24-4/h5-8,12H,9-10H2,1-4H3,(H,19,20)(H,22,23). The normalized spacial score (nSPS) is 25.1. The lowest BCUT2D eigenvalue weighted by Gasteiger charge is -2.37. The molecule has 0 aliphatic heterocycles. The second-order valence-corrected chi connectivity index (χ2v) is 6.98. The summed E-state index contributed by atoms with van der Waals surface area (Å²) in [7, 11) is 1.28. The lowest BCUT2D eigenvalue weighted by atomic mass is 9.65. The zero-order chi connectivity index (χ0) is 18.1.